The van der Waals surface area contributed by atoms with E-state index in [0.29, 0.717) is 21.8 Å². The summed E-state index contributed by atoms with van der Waals surface area (Å²) >= 11 is 6.12. The van der Waals surface area contributed by atoms with Crippen LogP contribution in [0, 0.1) is 0 Å². The number of carbonyl (C=O) groups is 1. The molecule has 5 nitrogen and oxygen atoms in total. The van der Waals surface area contributed by atoms with Gasteiger partial charge in [0, 0.05) is 40.4 Å². The van der Waals surface area contributed by atoms with Crippen LogP contribution in [0.4, 0.5) is 17.1 Å². The lowest BCUT2D eigenvalue weighted by Crippen LogP contribution is -2.34. The van der Waals surface area contributed by atoms with E-state index < -0.39 is 0 Å². The minimum absolute atomic E-state index is 0.282. The minimum atomic E-state index is -0.282. The average molecular weight is 470 g/mol. The molecule has 0 saturated carbocycles. The van der Waals surface area contributed by atoms with E-state index in [-0.39, 0.29) is 5.91 Å². The molecule has 3 aromatic carbocycles. The SMILES string of the molecule is O=C(Nc1cccc(Cl)c1)c1cc2cc3c4c(c2oc1=Nc1ccccc1)CCCN4CCC3. The Kier molecular flexibility index (Phi) is 5.34. The van der Waals surface area contributed by atoms with Crippen LogP contribution in [-0.4, -0.2) is 19.0 Å². The third-order valence-corrected chi connectivity index (χ3v) is 6.78. The molecule has 6 heteroatoms. The molecule has 1 amide bonds. The molecule has 1 aromatic heterocycles. The predicted molar refractivity (Wildman–Crippen MR) is 136 cm³/mol. The first-order valence-corrected chi connectivity index (χ1v) is 12.1. The van der Waals surface area contributed by atoms with Crippen molar-refractivity contribution < 1.29 is 9.21 Å². The van der Waals surface area contributed by atoms with Crippen molar-refractivity contribution >= 4 is 45.5 Å². The number of halogens is 1. The summed E-state index contributed by atoms with van der Waals surface area (Å²) in [5.74, 6) is -0.282. The quantitative estimate of drug-likeness (QED) is 0.384. The number of hydrogen-bond acceptors (Lipinski definition) is 4. The van der Waals surface area contributed by atoms with E-state index in [1.807, 2.05) is 42.5 Å². The Balaban J connectivity index is 1.55. The van der Waals surface area contributed by atoms with E-state index in [1.165, 1.54) is 16.8 Å². The number of fused-ring (bicyclic) bond motifs is 2. The number of nitrogens with one attached hydrogen (secondary N) is 1. The topological polar surface area (TPSA) is 57.8 Å². The van der Waals surface area contributed by atoms with Gasteiger partial charge in [-0.05, 0) is 73.7 Å². The minimum Gasteiger partial charge on any atom is -0.437 e. The zero-order valence-electron chi connectivity index (χ0n) is 18.7. The maximum Gasteiger partial charge on any atom is 0.261 e. The van der Waals surface area contributed by atoms with Crippen molar-refractivity contribution in [1.82, 2.24) is 0 Å². The number of para-hydroxylation sites is 1. The summed E-state index contributed by atoms with van der Waals surface area (Å²) in [5, 5.41) is 4.45. The van der Waals surface area contributed by atoms with Crippen LogP contribution in [0.15, 0.2) is 76.1 Å². The van der Waals surface area contributed by atoms with Crippen LogP contribution < -0.4 is 15.8 Å². The zero-order valence-corrected chi connectivity index (χ0v) is 19.4. The monoisotopic (exact) mass is 469 g/mol. The van der Waals surface area contributed by atoms with Gasteiger partial charge in [0.2, 0.25) is 5.55 Å². The Hall–Kier alpha value is -3.57. The molecule has 170 valence electrons. The molecule has 3 heterocycles. The lowest BCUT2D eigenvalue weighted by Gasteiger charge is -2.37. The molecule has 1 N–H and O–H groups in total. The standard InChI is InChI=1S/C28H24ClN3O2/c29-20-8-4-11-22(17-20)30-27(33)24-16-19-15-18-7-5-13-32-14-6-12-23(25(18)32)26(19)34-28(24)31-21-9-2-1-3-10-21/h1-4,8-11,15-17H,5-7,12-14H2,(H,30,33). The Bertz CT molecular complexity index is 1470. The molecule has 0 unspecified atom stereocenters. The molecule has 0 fully saturated rings. The summed E-state index contributed by atoms with van der Waals surface area (Å²) in [4.78, 5) is 20.6. The van der Waals surface area contributed by atoms with Gasteiger partial charge in [-0.25, -0.2) is 4.99 Å². The smallest absolute Gasteiger partial charge is 0.261 e. The Morgan fingerprint density at radius 2 is 1.79 bits per heavy atom. The average Bonchev–Trinajstić information content (AvgIpc) is 2.85. The zero-order chi connectivity index (χ0) is 23.1. The molecule has 0 aliphatic carbocycles. The van der Waals surface area contributed by atoms with Crippen LogP contribution in [0.2, 0.25) is 5.02 Å². The fourth-order valence-corrected chi connectivity index (χ4v) is 5.27. The number of hydrogen-bond donors (Lipinski definition) is 1. The van der Waals surface area contributed by atoms with Crippen LogP contribution in [0.3, 0.4) is 0 Å². The number of rotatable bonds is 3. The van der Waals surface area contributed by atoms with Crippen molar-refractivity contribution in [2.24, 2.45) is 4.99 Å². The highest BCUT2D eigenvalue weighted by atomic mass is 35.5. The maximum absolute atomic E-state index is 13.4. The Morgan fingerprint density at radius 3 is 2.62 bits per heavy atom. The van der Waals surface area contributed by atoms with E-state index in [2.05, 4.69) is 16.3 Å². The van der Waals surface area contributed by atoms with Gasteiger partial charge in [0.15, 0.2) is 0 Å². The Labute approximate surface area is 202 Å². The summed E-state index contributed by atoms with van der Waals surface area (Å²) in [6.07, 6.45) is 4.27. The van der Waals surface area contributed by atoms with Crippen LogP contribution in [0.1, 0.15) is 34.3 Å². The first-order valence-electron chi connectivity index (χ1n) is 11.7. The predicted octanol–water partition coefficient (Wildman–Crippen LogP) is 6.27. The fraction of sp³-hybridized carbons (Fsp3) is 0.214. The van der Waals surface area contributed by atoms with Gasteiger partial charge >= 0.3 is 0 Å². The normalized spacial score (nSPS) is 15.3. The van der Waals surface area contributed by atoms with E-state index in [1.54, 1.807) is 18.2 Å². The summed E-state index contributed by atoms with van der Waals surface area (Å²) < 4.78 is 6.47. The molecule has 6 rings (SSSR count). The van der Waals surface area contributed by atoms with Crippen molar-refractivity contribution in [3.63, 3.8) is 0 Å². The molecule has 34 heavy (non-hydrogen) atoms. The van der Waals surface area contributed by atoms with Gasteiger partial charge in [-0.2, -0.15) is 0 Å². The number of nitrogens with zero attached hydrogens (tertiary/aromatic N) is 2. The van der Waals surface area contributed by atoms with Crippen molar-refractivity contribution in [3.05, 3.63) is 94.0 Å². The van der Waals surface area contributed by atoms with Crippen LogP contribution in [0.25, 0.3) is 11.0 Å². The molecule has 4 aromatic rings. The van der Waals surface area contributed by atoms with E-state index in [9.17, 15) is 4.79 Å². The molecule has 0 radical (unpaired) electrons. The van der Waals surface area contributed by atoms with Crippen LogP contribution in [0.5, 0.6) is 0 Å². The number of carbonyl (C=O) groups excluding carboxylic acids is 1. The highest BCUT2D eigenvalue weighted by Crippen LogP contribution is 2.39. The molecule has 0 spiro atoms. The highest BCUT2D eigenvalue weighted by Gasteiger charge is 2.27. The first-order chi connectivity index (χ1) is 16.7. The third-order valence-electron chi connectivity index (χ3n) is 6.54. The molecular weight excluding hydrogens is 446 g/mol. The van der Waals surface area contributed by atoms with Crippen molar-refractivity contribution in [1.29, 1.82) is 0 Å². The van der Waals surface area contributed by atoms with Crippen LogP contribution >= 0.6 is 11.6 Å². The summed E-state index contributed by atoms with van der Waals surface area (Å²) in [6, 6.07) is 20.8. The summed E-state index contributed by atoms with van der Waals surface area (Å²) in [7, 11) is 0. The second kappa shape index (κ2) is 8.65. The van der Waals surface area contributed by atoms with E-state index in [0.717, 1.165) is 55.4 Å². The summed E-state index contributed by atoms with van der Waals surface area (Å²) in [6.45, 7) is 2.18. The summed E-state index contributed by atoms with van der Waals surface area (Å²) in [5.41, 5.74) is 6.81. The van der Waals surface area contributed by atoms with Crippen molar-refractivity contribution in [3.8, 4) is 0 Å². The molecule has 2 aliphatic heterocycles. The van der Waals surface area contributed by atoms with Gasteiger partial charge in [-0.1, -0.05) is 35.9 Å². The number of aryl methyl sites for hydroxylation is 2. The number of amides is 1. The lowest BCUT2D eigenvalue weighted by molar-refractivity contribution is 0.102. The van der Waals surface area contributed by atoms with Gasteiger partial charge < -0.3 is 14.6 Å². The largest absolute Gasteiger partial charge is 0.437 e. The molecule has 0 saturated heterocycles. The van der Waals surface area contributed by atoms with Gasteiger partial charge in [0.25, 0.3) is 5.91 Å². The van der Waals surface area contributed by atoms with Crippen LogP contribution in [-0.2, 0) is 12.8 Å². The number of benzene rings is 3. The van der Waals surface area contributed by atoms with Gasteiger partial charge in [0.05, 0.1) is 5.69 Å². The highest BCUT2D eigenvalue weighted by molar-refractivity contribution is 6.31. The number of anilines is 2. The van der Waals surface area contributed by atoms with Crippen molar-refractivity contribution in [2.75, 3.05) is 23.3 Å². The second-order valence-electron chi connectivity index (χ2n) is 8.85. The third kappa shape index (κ3) is 3.86. The Morgan fingerprint density at radius 1 is 0.971 bits per heavy atom. The van der Waals surface area contributed by atoms with Gasteiger partial charge in [-0.15, -0.1) is 0 Å². The van der Waals surface area contributed by atoms with Crippen molar-refractivity contribution in [2.45, 2.75) is 25.7 Å². The van der Waals surface area contributed by atoms with E-state index in [4.69, 9.17) is 21.0 Å². The van der Waals surface area contributed by atoms with E-state index >= 15 is 0 Å². The molecule has 0 atom stereocenters. The van der Waals surface area contributed by atoms with Gasteiger partial charge in [0.1, 0.15) is 11.1 Å². The van der Waals surface area contributed by atoms with Gasteiger partial charge in [-0.3, -0.25) is 4.79 Å². The molecule has 2 aliphatic rings. The lowest BCUT2D eigenvalue weighted by atomic mass is 9.90. The molecule has 0 bridgehead atoms. The molecular formula is C28H24ClN3O2. The fourth-order valence-electron chi connectivity index (χ4n) is 5.08. The second-order valence-corrected chi connectivity index (χ2v) is 9.29. The first kappa shape index (κ1) is 21.0. The maximum atomic E-state index is 13.4.